The molecule has 0 aromatic heterocycles. The van der Waals surface area contributed by atoms with Gasteiger partial charge in [-0.1, -0.05) is 0 Å². The van der Waals surface area contributed by atoms with E-state index < -0.39 is 78.5 Å². The quantitative estimate of drug-likeness (QED) is 0.0947. The zero-order chi connectivity index (χ0) is 26.4. The molecule has 0 spiro atoms. The Hall–Kier alpha value is -3.40. The van der Waals surface area contributed by atoms with Gasteiger partial charge in [0.05, 0.1) is 18.9 Å². The van der Waals surface area contributed by atoms with Gasteiger partial charge in [-0.25, -0.2) is 4.79 Å². The normalized spacial score (nSPS) is 14.1. The molecule has 192 valence electrons. The van der Waals surface area contributed by atoms with Gasteiger partial charge >= 0.3 is 11.9 Å². The fourth-order valence-electron chi connectivity index (χ4n) is 2.57. The lowest BCUT2D eigenvalue weighted by Gasteiger charge is -2.24. The van der Waals surface area contributed by atoms with Crippen LogP contribution in [-0.4, -0.2) is 87.9 Å². The van der Waals surface area contributed by atoms with E-state index in [2.05, 4.69) is 16.0 Å². The molecule has 0 aromatic rings. The van der Waals surface area contributed by atoms with Gasteiger partial charge in [-0.3, -0.25) is 28.8 Å². The van der Waals surface area contributed by atoms with Gasteiger partial charge < -0.3 is 43.4 Å². The van der Waals surface area contributed by atoms with Gasteiger partial charge in [-0.15, -0.1) is 0 Å². The number of carboxylic acids is 2. The van der Waals surface area contributed by atoms with Crippen molar-refractivity contribution in [1.29, 1.82) is 0 Å². The molecule has 0 aromatic carbocycles. The van der Waals surface area contributed by atoms with Gasteiger partial charge in [0.1, 0.15) is 18.1 Å². The highest BCUT2D eigenvalue weighted by Gasteiger charge is 2.31. The minimum Gasteiger partial charge on any atom is -0.481 e. The van der Waals surface area contributed by atoms with Gasteiger partial charge in [0.25, 0.3) is 0 Å². The van der Waals surface area contributed by atoms with E-state index in [4.69, 9.17) is 27.4 Å². The predicted octanol–water partition coefficient (Wildman–Crippen LogP) is -3.78. The molecule has 34 heavy (non-hydrogen) atoms. The van der Waals surface area contributed by atoms with Crippen molar-refractivity contribution < 1.29 is 43.8 Å². The summed E-state index contributed by atoms with van der Waals surface area (Å²) in [5, 5.41) is 24.6. The molecule has 0 aliphatic rings. The number of amides is 5. The second-order valence-corrected chi connectivity index (χ2v) is 8.17. The van der Waals surface area contributed by atoms with E-state index in [1.54, 1.807) is 6.26 Å². The minimum absolute atomic E-state index is 0.0375. The number of rotatable bonds is 17. The highest BCUT2D eigenvalue weighted by Crippen LogP contribution is 2.06. The molecule has 11 N–H and O–H groups in total. The molecular weight excluding hydrogens is 476 g/mol. The summed E-state index contributed by atoms with van der Waals surface area (Å²) in [6.07, 6.45) is -0.212. The average molecular weight is 507 g/mol. The first kappa shape index (κ1) is 30.6. The number of carboxylic acid groups (broad SMARTS) is 2. The first-order valence-corrected chi connectivity index (χ1v) is 11.3. The zero-order valence-electron chi connectivity index (χ0n) is 18.4. The lowest BCUT2D eigenvalue weighted by molar-refractivity contribution is -0.147. The second-order valence-electron chi connectivity index (χ2n) is 7.18. The Morgan fingerprint density at radius 3 is 1.71 bits per heavy atom. The third kappa shape index (κ3) is 12.6. The molecule has 0 heterocycles. The van der Waals surface area contributed by atoms with E-state index in [1.807, 2.05) is 0 Å². The van der Waals surface area contributed by atoms with E-state index in [0.29, 0.717) is 5.75 Å². The number of thioether (sulfide) groups is 1. The summed E-state index contributed by atoms with van der Waals surface area (Å²) in [5.41, 5.74) is 15.6. The molecule has 16 heteroatoms. The number of hydrogen-bond acceptors (Lipinski definition) is 9. The van der Waals surface area contributed by atoms with Crippen molar-refractivity contribution >= 4 is 53.2 Å². The maximum absolute atomic E-state index is 12.8. The Bertz CT molecular complexity index is 794. The number of primary amides is 2. The van der Waals surface area contributed by atoms with E-state index in [9.17, 15) is 33.6 Å². The van der Waals surface area contributed by atoms with Gasteiger partial charge in [0, 0.05) is 6.42 Å². The molecule has 0 radical (unpaired) electrons. The molecule has 0 saturated heterocycles. The van der Waals surface area contributed by atoms with Crippen LogP contribution in [0.2, 0.25) is 0 Å². The van der Waals surface area contributed by atoms with Crippen LogP contribution in [0.15, 0.2) is 0 Å². The van der Waals surface area contributed by atoms with E-state index >= 15 is 0 Å². The first-order chi connectivity index (χ1) is 15.8. The van der Waals surface area contributed by atoms with Crippen molar-refractivity contribution in [3.63, 3.8) is 0 Å². The van der Waals surface area contributed by atoms with Crippen LogP contribution in [0.5, 0.6) is 0 Å². The van der Waals surface area contributed by atoms with Crippen LogP contribution < -0.4 is 33.2 Å². The van der Waals surface area contributed by atoms with Crippen molar-refractivity contribution in [1.82, 2.24) is 16.0 Å². The van der Waals surface area contributed by atoms with Gasteiger partial charge in [0.15, 0.2) is 0 Å². The van der Waals surface area contributed by atoms with E-state index in [0.717, 1.165) is 0 Å². The number of hydrogen-bond donors (Lipinski definition) is 8. The molecule has 15 nitrogen and oxygen atoms in total. The molecule has 5 amide bonds. The zero-order valence-corrected chi connectivity index (χ0v) is 19.3. The Morgan fingerprint density at radius 1 is 0.765 bits per heavy atom. The average Bonchev–Trinajstić information content (AvgIpc) is 2.71. The maximum atomic E-state index is 12.8. The predicted molar refractivity (Wildman–Crippen MR) is 119 cm³/mol. The molecule has 0 aliphatic heterocycles. The minimum atomic E-state index is -1.74. The van der Waals surface area contributed by atoms with Crippen LogP contribution in [-0.2, 0) is 33.6 Å². The molecule has 0 fully saturated rings. The summed E-state index contributed by atoms with van der Waals surface area (Å²) in [7, 11) is 0. The molecule has 0 rings (SSSR count). The Labute approximate surface area is 198 Å². The summed E-state index contributed by atoms with van der Waals surface area (Å²) < 4.78 is 0. The summed E-state index contributed by atoms with van der Waals surface area (Å²) in [6.45, 7) is 0. The number of carbonyl (C=O) groups is 7. The van der Waals surface area contributed by atoms with Gasteiger partial charge in [-0.05, 0) is 24.9 Å². The van der Waals surface area contributed by atoms with Crippen LogP contribution >= 0.6 is 11.8 Å². The Morgan fingerprint density at radius 2 is 1.26 bits per heavy atom. The number of aliphatic carboxylic acids is 2. The molecular formula is C18H30N6O9S. The largest absolute Gasteiger partial charge is 0.481 e. The molecule has 0 bridgehead atoms. The summed E-state index contributed by atoms with van der Waals surface area (Å²) in [5.74, 6) is -7.10. The Balaban J connectivity index is 5.55. The number of nitrogens with two attached hydrogens (primary N) is 3. The summed E-state index contributed by atoms with van der Waals surface area (Å²) in [4.78, 5) is 81.8. The second kappa shape index (κ2) is 15.4. The summed E-state index contributed by atoms with van der Waals surface area (Å²) >= 11 is 1.32. The lowest BCUT2D eigenvalue weighted by atomic mass is 10.1. The van der Waals surface area contributed by atoms with Crippen LogP contribution in [0.25, 0.3) is 0 Å². The first-order valence-electron chi connectivity index (χ1n) is 9.95. The van der Waals surface area contributed by atoms with Gasteiger partial charge in [0.2, 0.25) is 29.5 Å². The fourth-order valence-corrected chi connectivity index (χ4v) is 3.04. The molecule has 4 atom stereocenters. The smallest absolute Gasteiger partial charge is 0.326 e. The van der Waals surface area contributed by atoms with Crippen molar-refractivity contribution in [2.75, 3.05) is 12.0 Å². The van der Waals surface area contributed by atoms with Crippen LogP contribution in [0.3, 0.4) is 0 Å². The van der Waals surface area contributed by atoms with Crippen LogP contribution in [0.1, 0.15) is 32.1 Å². The lowest BCUT2D eigenvalue weighted by Crippen LogP contribution is -2.57. The number of nitrogens with one attached hydrogen (secondary N) is 3. The summed E-state index contributed by atoms with van der Waals surface area (Å²) in [6, 6.07) is -5.78. The van der Waals surface area contributed by atoms with E-state index in [1.165, 1.54) is 11.8 Å². The van der Waals surface area contributed by atoms with Gasteiger partial charge in [-0.2, -0.15) is 11.8 Å². The van der Waals surface area contributed by atoms with Crippen molar-refractivity contribution in [3.8, 4) is 0 Å². The van der Waals surface area contributed by atoms with Crippen molar-refractivity contribution in [2.24, 2.45) is 17.2 Å². The monoisotopic (exact) mass is 506 g/mol. The topological polar surface area (TPSA) is 274 Å². The third-order valence-corrected chi connectivity index (χ3v) is 4.95. The number of carbonyl (C=O) groups excluding carboxylic acids is 5. The molecule has 0 aliphatic carbocycles. The molecule has 0 saturated carbocycles. The SMILES string of the molecule is CSCCC(NC(=O)C(CCC(N)=O)NC(=O)C(N)CC(N)=O)C(=O)NC(CC(=O)O)C(=O)O. The van der Waals surface area contributed by atoms with Crippen molar-refractivity contribution in [2.45, 2.75) is 56.3 Å². The fraction of sp³-hybridized carbons (Fsp3) is 0.611. The van der Waals surface area contributed by atoms with E-state index in [-0.39, 0.29) is 19.3 Å². The highest BCUT2D eigenvalue weighted by atomic mass is 32.2. The highest BCUT2D eigenvalue weighted by molar-refractivity contribution is 7.98. The van der Waals surface area contributed by atoms with Crippen LogP contribution in [0.4, 0.5) is 0 Å². The standard InChI is InChI=1S/C18H30N6O9S/c1-34-5-4-10(17(31)24-11(18(32)33)7-14(27)28)23-16(30)9(2-3-12(20)25)22-15(29)8(19)6-13(21)26/h8-11H,2-7,19H2,1H3,(H2,20,25)(H2,21,26)(H,22,29)(H,23,30)(H,24,31)(H,27,28)(H,32,33). The van der Waals surface area contributed by atoms with Crippen molar-refractivity contribution in [3.05, 3.63) is 0 Å². The maximum Gasteiger partial charge on any atom is 0.326 e. The Kier molecular flexibility index (Phi) is 13.9. The third-order valence-electron chi connectivity index (χ3n) is 4.31. The van der Waals surface area contributed by atoms with Crippen LogP contribution in [0, 0.1) is 0 Å². The molecule has 4 unspecified atom stereocenters.